The van der Waals surface area contributed by atoms with Gasteiger partial charge < -0.3 is 30.0 Å². The Kier molecular flexibility index (Phi) is 17.9. The number of likely N-dealkylation sites (tertiary alicyclic amines) is 1. The monoisotopic (exact) mass is 601 g/mol. The van der Waals surface area contributed by atoms with Gasteiger partial charge in [-0.15, -0.1) is 0 Å². The first-order valence-electron chi connectivity index (χ1n) is 13.8. The van der Waals surface area contributed by atoms with Crippen molar-refractivity contribution in [3.05, 3.63) is 65.7 Å². The summed E-state index contributed by atoms with van der Waals surface area (Å²) >= 11 is 0. The van der Waals surface area contributed by atoms with Gasteiger partial charge in [-0.05, 0) is 57.1 Å². The molecule has 0 aliphatic carbocycles. The van der Waals surface area contributed by atoms with Crippen LogP contribution in [0.25, 0.3) is 0 Å². The molecule has 0 spiro atoms. The fourth-order valence-corrected chi connectivity index (χ4v) is 3.32. The number of anilines is 1. The molecular formula is C32H45F2N5O4. The van der Waals surface area contributed by atoms with E-state index in [9.17, 15) is 28.0 Å². The minimum Gasteiger partial charge on any atom is -0.388 e. The van der Waals surface area contributed by atoms with Crippen LogP contribution in [-0.2, 0) is 14.4 Å². The van der Waals surface area contributed by atoms with Crippen molar-refractivity contribution >= 4 is 30.1 Å². The molecule has 1 aliphatic heterocycles. The summed E-state index contributed by atoms with van der Waals surface area (Å²) in [6.45, 7) is 10.9. The van der Waals surface area contributed by atoms with Crippen LogP contribution in [0.15, 0.2) is 48.5 Å². The average molecular weight is 602 g/mol. The molecule has 2 aromatic carbocycles. The van der Waals surface area contributed by atoms with E-state index in [-0.39, 0.29) is 23.9 Å². The third-order valence-electron chi connectivity index (χ3n) is 5.25. The second kappa shape index (κ2) is 19.9. The lowest BCUT2D eigenvalue weighted by Crippen LogP contribution is -2.40. The summed E-state index contributed by atoms with van der Waals surface area (Å²) in [6.07, 6.45) is 1.81. The van der Waals surface area contributed by atoms with Gasteiger partial charge in [-0.2, -0.15) is 5.26 Å². The molecule has 1 heterocycles. The highest BCUT2D eigenvalue weighted by Crippen LogP contribution is 2.21. The van der Waals surface area contributed by atoms with Gasteiger partial charge in [0.05, 0.1) is 24.2 Å². The van der Waals surface area contributed by atoms with Crippen LogP contribution in [0.2, 0.25) is 0 Å². The normalized spacial score (nSPS) is 16.0. The summed E-state index contributed by atoms with van der Waals surface area (Å²) in [4.78, 5) is 47.1. The predicted octanol–water partition coefficient (Wildman–Crippen LogP) is 4.55. The number of aldehydes is 2. The first-order chi connectivity index (χ1) is 20.1. The quantitative estimate of drug-likeness (QED) is 0.447. The number of nitrogens with one attached hydrogen (secondary N) is 2. The molecule has 1 fully saturated rings. The smallest absolute Gasteiger partial charge is 0.254 e. The second-order valence-corrected chi connectivity index (χ2v) is 11.7. The Bertz CT molecular complexity index is 1190. The van der Waals surface area contributed by atoms with Gasteiger partial charge in [-0.25, -0.2) is 8.78 Å². The maximum atomic E-state index is 13.1. The van der Waals surface area contributed by atoms with Crippen molar-refractivity contribution in [2.24, 2.45) is 11.3 Å². The highest BCUT2D eigenvalue weighted by atomic mass is 19.1. The molecule has 9 nitrogen and oxygen atoms in total. The largest absolute Gasteiger partial charge is 0.388 e. The predicted molar refractivity (Wildman–Crippen MR) is 164 cm³/mol. The molecule has 0 radical (unpaired) electrons. The summed E-state index contributed by atoms with van der Waals surface area (Å²) in [5, 5.41) is 14.1. The molecule has 3 atom stereocenters. The maximum Gasteiger partial charge on any atom is 0.254 e. The number of hydrogen-bond donors (Lipinski definition) is 2. The number of nitriles is 1. The van der Waals surface area contributed by atoms with Gasteiger partial charge in [0.15, 0.2) is 0 Å². The summed E-state index contributed by atoms with van der Waals surface area (Å²) in [7, 11) is 5.51. The molecule has 1 saturated heterocycles. The van der Waals surface area contributed by atoms with Crippen LogP contribution < -0.4 is 10.6 Å². The Morgan fingerprint density at radius 3 is 2.12 bits per heavy atom. The first-order valence-corrected chi connectivity index (χ1v) is 13.8. The molecule has 2 amide bonds. The van der Waals surface area contributed by atoms with E-state index in [1.54, 1.807) is 19.0 Å². The number of carbonyl (C=O) groups is 4. The van der Waals surface area contributed by atoms with Gasteiger partial charge in [0.2, 0.25) is 5.91 Å². The number of carbonyl (C=O) groups excluding carboxylic acids is 4. The number of halogens is 2. The number of nitrogens with zero attached hydrogens (tertiary/aromatic N) is 3. The van der Waals surface area contributed by atoms with Crippen LogP contribution in [0.5, 0.6) is 0 Å². The van der Waals surface area contributed by atoms with E-state index in [2.05, 4.69) is 44.4 Å². The van der Waals surface area contributed by atoms with E-state index in [0.29, 0.717) is 30.7 Å². The lowest BCUT2D eigenvalue weighted by atomic mass is 10.0. The van der Waals surface area contributed by atoms with Gasteiger partial charge in [-0.1, -0.05) is 45.9 Å². The Morgan fingerprint density at radius 1 is 1.12 bits per heavy atom. The number of rotatable bonds is 7. The molecule has 2 aromatic rings. The summed E-state index contributed by atoms with van der Waals surface area (Å²) in [6, 6.07) is 13.6. The molecule has 43 heavy (non-hydrogen) atoms. The zero-order chi connectivity index (χ0) is 33.2. The molecule has 0 aromatic heterocycles. The van der Waals surface area contributed by atoms with Crippen LogP contribution in [0.1, 0.15) is 51.4 Å². The average Bonchev–Trinajstić information content (AvgIpc) is 3.37. The Morgan fingerprint density at radius 2 is 1.70 bits per heavy atom. The first kappa shape index (κ1) is 38.8. The van der Waals surface area contributed by atoms with E-state index >= 15 is 0 Å². The van der Waals surface area contributed by atoms with Crippen molar-refractivity contribution in [3.63, 3.8) is 0 Å². The Balaban J connectivity index is 0.000000590. The fraction of sp³-hybridized carbons (Fsp3) is 0.469. The number of hydrogen-bond acceptors (Lipinski definition) is 7. The minimum absolute atomic E-state index is 0.0871. The number of amides is 2. The van der Waals surface area contributed by atoms with Crippen molar-refractivity contribution in [1.82, 2.24) is 15.1 Å². The number of benzene rings is 2. The van der Waals surface area contributed by atoms with E-state index in [1.165, 1.54) is 11.8 Å². The molecular weight excluding hydrogens is 556 g/mol. The minimum atomic E-state index is -0.953. The second-order valence-electron chi connectivity index (χ2n) is 11.7. The van der Waals surface area contributed by atoms with E-state index < -0.39 is 29.6 Å². The number of likely N-dealkylation sites (N-methyl/N-ethyl adjacent to an activating group) is 1. The van der Waals surface area contributed by atoms with Gasteiger partial charge in [0.25, 0.3) is 5.91 Å². The zero-order valence-corrected chi connectivity index (χ0v) is 26.4. The lowest BCUT2D eigenvalue weighted by Gasteiger charge is -2.21. The number of para-hydroxylation sites is 1. The van der Waals surface area contributed by atoms with Crippen molar-refractivity contribution < 1.29 is 28.0 Å². The Labute approximate surface area is 254 Å². The molecule has 0 bridgehead atoms. The van der Waals surface area contributed by atoms with Crippen LogP contribution in [0, 0.1) is 34.3 Å². The highest BCUT2D eigenvalue weighted by Gasteiger charge is 2.34. The summed E-state index contributed by atoms with van der Waals surface area (Å²) in [5.74, 6) is -2.72. The van der Waals surface area contributed by atoms with Crippen molar-refractivity contribution in [1.29, 1.82) is 5.26 Å². The molecule has 3 rings (SSSR count). The SMILES string of the molecule is CC(C)(C)C.CC(C=O)NC(=O)c1ccc(F)cc1F.CN(C)CC(=O)N1CC(C=O)CC1C#N.CNc1ccccc1. The maximum absolute atomic E-state index is 13.1. The topological polar surface area (TPSA) is 123 Å². The van der Waals surface area contributed by atoms with Crippen molar-refractivity contribution in [3.8, 4) is 6.07 Å². The standard InChI is InChI=1S/C10H9F2NO2.C10H15N3O2.C7H9N.C5H12/c1-6(5-14)13-10(15)8-3-2-7(11)4-9(8)12;1-12(2)6-10(15)13-5-8(7-14)3-9(13)4-11;1-8-7-5-3-2-4-6-7;1-5(2,3)4/h2-6H,1H3,(H,13,15);7-9H,3,5-6H2,1-2H3;2-6,8H,1H3;1-4H3. The molecule has 11 heteroatoms. The highest BCUT2D eigenvalue weighted by molar-refractivity contribution is 5.95. The summed E-state index contributed by atoms with van der Waals surface area (Å²) in [5.41, 5.74) is 1.37. The van der Waals surface area contributed by atoms with Crippen LogP contribution in [0.3, 0.4) is 0 Å². The summed E-state index contributed by atoms with van der Waals surface area (Å²) < 4.78 is 25.6. The van der Waals surface area contributed by atoms with Crippen LogP contribution >= 0.6 is 0 Å². The Hall–Kier alpha value is -4.17. The van der Waals surface area contributed by atoms with Gasteiger partial charge in [0.1, 0.15) is 30.2 Å². The molecule has 236 valence electrons. The molecule has 3 unspecified atom stereocenters. The van der Waals surface area contributed by atoms with Crippen LogP contribution in [-0.4, -0.2) is 80.5 Å². The third-order valence-corrected chi connectivity index (χ3v) is 5.25. The molecule has 1 aliphatic rings. The molecule has 0 saturated carbocycles. The van der Waals surface area contributed by atoms with Crippen molar-refractivity contribution in [2.45, 2.75) is 53.1 Å². The van der Waals surface area contributed by atoms with E-state index in [4.69, 9.17) is 5.26 Å². The zero-order valence-electron chi connectivity index (χ0n) is 26.4. The van der Waals surface area contributed by atoms with Gasteiger partial charge in [0, 0.05) is 31.3 Å². The fourth-order valence-electron chi connectivity index (χ4n) is 3.32. The third kappa shape index (κ3) is 17.4. The van der Waals surface area contributed by atoms with E-state index in [1.807, 2.05) is 37.4 Å². The van der Waals surface area contributed by atoms with Crippen molar-refractivity contribution in [2.75, 3.05) is 39.5 Å². The lowest BCUT2D eigenvalue weighted by molar-refractivity contribution is -0.132. The molecule has 2 N–H and O–H groups in total. The van der Waals surface area contributed by atoms with Crippen LogP contribution in [0.4, 0.5) is 14.5 Å². The van der Waals surface area contributed by atoms with Gasteiger partial charge in [-0.3, -0.25) is 9.59 Å². The van der Waals surface area contributed by atoms with E-state index in [0.717, 1.165) is 24.1 Å². The van der Waals surface area contributed by atoms with Gasteiger partial charge >= 0.3 is 0 Å².